The van der Waals surface area contributed by atoms with Crippen molar-refractivity contribution in [2.75, 3.05) is 17.7 Å². The smallest absolute Gasteiger partial charge is 0.255 e. The number of methoxy groups -OCH3 is 1. The van der Waals surface area contributed by atoms with Gasteiger partial charge in [-0.2, -0.15) is 0 Å². The molecule has 3 aromatic rings. The third-order valence-electron chi connectivity index (χ3n) is 4.26. The fourth-order valence-electron chi connectivity index (χ4n) is 2.74. The van der Waals surface area contributed by atoms with Gasteiger partial charge in [-0.05, 0) is 72.4 Å². The topological polar surface area (TPSA) is 79.5 Å². The molecule has 3 rings (SSSR count). The maximum absolute atomic E-state index is 13.0. The van der Waals surface area contributed by atoms with Gasteiger partial charge >= 0.3 is 0 Å². The first kappa shape index (κ1) is 21.9. The van der Waals surface area contributed by atoms with Crippen LogP contribution in [0.2, 0.25) is 0 Å². The summed E-state index contributed by atoms with van der Waals surface area (Å²) in [6, 6.07) is 19.3. The van der Waals surface area contributed by atoms with E-state index in [0.29, 0.717) is 22.7 Å². The predicted octanol–water partition coefficient (Wildman–Crippen LogP) is 4.14. The Hall–Kier alpha value is -3.78. The molecule has 0 aromatic heterocycles. The van der Waals surface area contributed by atoms with E-state index in [1.807, 2.05) is 0 Å². The number of benzene rings is 3. The van der Waals surface area contributed by atoms with E-state index in [4.69, 9.17) is 17.0 Å². The van der Waals surface area contributed by atoms with Crippen molar-refractivity contribution >= 4 is 40.5 Å². The summed E-state index contributed by atoms with van der Waals surface area (Å²) >= 11 is 5.20. The van der Waals surface area contributed by atoms with Gasteiger partial charge in [0, 0.05) is 16.9 Å². The Morgan fingerprint density at radius 2 is 1.65 bits per heavy atom. The molecule has 0 saturated carbocycles. The molecule has 0 fully saturated rings. The van der Waals surface area contributed by atoms with E-state index in [1.165, 1.54) is 24.3 Å². The molecule has 0 aliphatic carbocycles. The first-order valence-electron chi connectivity index (χ1n) is 9.33. The number of hydrogen-bond acceptors (Lipinski definition) is 4. The number of amides is 2. The van der Waals surface area contributed by atoms with Gasteiger partial charge in [0.1, 0.15) is 11.6 Å². The van der Waals surface area contributed by atoms with E-state index in [2.05, 4.69) is 16.0 Å². The summed E-state index contributed by atoms with van der Waals surface area (Å²) in [5, 5.41) is 8.32. The third kappa shape index (κ3) is 6.61. The molecule has 0 aliphatic heterocycles. The van der Waals surface area contributed by atoms with Crippen LogP contribution in [0.25, 0.3) is 0 Å². The molecule has 0 unspecified atom stereocenters. The molecule has 0 atom stereocenters. The van der Waals surface area contributed by atoms with Crippen molar-refractivity contribution in [3.05, 3.63) is 89.7 Å². The SMILES string of the molecule is COc1ccc(CC(=O)NC(=S)Nc2cccc(C(=O)Nc3ccc(F)cc3)c2)cc1. The van der Waals surface area contributed by atoms with Gasteiger partial charge in [-0.25, -0.2) is 4.39 Å². The van der Waals surface area contributed by atoms with Gasteiger partial charge in [-0.3, -0.25) is 9.59 Å². The Kier molecular flexibility index (Phi) is 7.29. The highest BCUT2D eigenvalue weighted by atomic mass is 32.1. The van der Waals surface area contributed by atoms with Crippen LogP contribution in [-0.4, -0.2) is 24.0 Å². The molecular weight excluding hydrogens is 417 g/mol. The number of hydrogen-bond donors (Lipinski definition) is 3. The lowest BCUT2D eigenvalue weighted by Crippen LogP contribution is -2.35. The van der Waals surface area contributed by atoms with E-state index >= 15 is 0 Å². The number of rotatable bonds is 6. The molecule has 2 amide bonds. The highest BCUT2D eigenvalue weighted by Gasteiger charge is 2.10. The van der Waals surface area contributed by atoms with Gasteiger partial charge in [0.15, 0.2) is 5.11 Å². The normalized spacial score (nSPS) is 10.1. The molecule has 3 N–H and O–H groups in total. The van der Waals surface area contributed by atoms with Crippen molar-refractivity contribution in [3.8, 4) is 5.75 Å². The molecule has 0 saturated heterocycles. The fourth-order valence-corrected chi connectivity index (χ4v) is 2.97. The van der Waals surface area contributed by atoms with Gasteiger partial charge in [0.25, 0.3) is 5.91 Å². The molecule has 158 valence electrons. The monoisotopic (exact) mass is 437 g/mol. The zero-order valence-electron chi connectivity index (χ0n) is 16.6. The number of halogens is 1. The quantitative estimate of drug-likeness (QED) is 0.505. The van der Waals surface area contributed by atoms with Crippen LogP contribution in [0.15, 0.2) is 72.8 Å². The van der Waals surface area contributed by atoms with Crippen molar-refractivity contribution in [2.24, 2.45) is 0 Å². The Morgan fingerprint density at radius 3 is 2.32 bits per heavy atom. The van der Waals surface area contributed by atoms with Crippen molar-refractivity contribution in [1.82, 2.24) is 5.32 Å². The van der Waals surface area contributed by atoms with Gasteiger partial charge < -0.3 is 20.7 Å². The molecule has 0 bridgehead atoms. The Balaban J connectivity index is 1.55. The predicted molar refractivity (Wildman–Crippen MR) is 122 cm³/mol. The molecule has 31 heavy (non-hydrogen) atoms. The minimum Gasteiger partial charge on any atom is -0.497 e. The fraction of sp³-hybridized carbons (Fsp3) is 0.0870. The van der Waals surface area contributed by atoms with Crippen LogP contribution in [0.1, 0.15) is 15.9 Å². The first-order valence-corrected chi connectivity index (χ1v) is 9.74. The van der Waals surface area contributed by atoms with Crippen LogP contribution < -0.4 is 20.7 Å². The summed E-state index contributed by atoms with van der Waals surface area (Å²) in [4.78, 5) is 24.6. The molecule has 6 nitrogen and oxygen atoms in total. The summed E-state index contributed by atoms with van der Waals surface area (Å²) in [6.45, 7) is 0. The number of carbonyl (C=O) groups excluding carboxylic acids is 2. The Bertz CT molecular complexity index is 1090. The van der Waals surface area contributed by atoms with Gasteiger partial charge in [-0.1, -0.05) is 18.2 Å². The zero-order valence-corrected chi connectivity index (χ0v) is 17.5. The van der Waals surface area contributed by atoms with Gasteiger partial charge in [0.2, 0.25) is 5.91 Å². The lowest BCUT2D eigenvalue weighted by molar-refractivity contribution is -0.119. The van der Waals surface area contributed by atoms with E-state index < -0.39 is 0 Å². The number of nitrogens with one attached hydrogen (secondary N) is 3. The number of anilines is 2. The highest BCUT2D eigenvalue weighted by Crippen LogP contribution is 2.15. The number of carbonyl (C=O) groups is 2. The summed E-state index contributed by atoms with van der Waals surface area (Å²) in [5.41, 5.74) is 2.22. The third-order valence-corrected chi connectivity index (χ3v) is 4.47. The van der Waals surface area contributed by atoms with Crippen LogP contribution in [0, 0.1) is 5.82 Å². The van der Waals surface area contributed by atoms with E-state index in [1.54, 1.807) is 55.6 Å². The largest absolute Gasteiger partial charge is 0.497 e. The van der Waals surface area contributed by atoms with Crippen LogP contribution >= 0.6 is 12.2 Å². The maximum atomic E-state index is 13.0. The van der Waals surface area contributed by atoms with E-state index in [9.17, 15) is 14.0 Å². The highest BCUT2D eigenvalue weighted by molar-refractivity contribution is 7.80. The second kappa shape index (κ2) is 10.3. The molecule has 8 heteroatoms. The summed E-state index contributed by atoms with van der Waals surface area (Å²) in [6.07, 6.45) is 0.159. The van der Waals surface area contributed by atoms with Gasteiger partial charge in [-0.15, -0.1) is 0 Å². The second-order valence-corrected chi connectivity index (χ2v) is 6.98. The van der Waals surface area contributed by atoms with Crippen LogP contribution in [-0.2, 0) is 11.2 Å². The maximum Gasteiger partial charge on any atom is 0.255 e. The van der Waals surface area contributed by atoms with Crippen molar-refractivity contribution in [1.29, 1.82) is 0 Å². The summed E-state index contributed by atoms with van der Waals surface area (Å²) in [5.74, 6) is -0.297. The van der Waals surface area contributed by atoms with Crippen molar-refractivity contribution < 1.29 is 18.7 Å². The lowest BCUT2D eigenvalue weighted by atomic mass is 10.1. The van der Waals surface area contributed by atoms with Gasteiger partial charge in [0.05, 0.1) is 13.5 Å². The molecule has 0 spiro atoms. The Morgan fingerprint density at radius 1 is 0.935 bits per heavy atom. The first-order chi connectivity index (χ1) is 14.9. The van der Waals surface area contributed by atoms with Crippen molar-refractivity contribution in [2.45, 2.75) is 6.42 Å². The van der Waals surface area contributed by atoms with Crippen LogP contribution in [0.4, 0.5) is 15.8 Å². The number of ether oxygens (including phenoxy) is 1. The molecule has 0 aliphatic rings. The van der Waals surface area contributed by atoms with E-state index in [0.717, 1.165) is 5.56 Å². The summed E-state index contributed by atoms with van der Waals surface area (Å²) in [7, 11) is 1.58. The zero-order chi connectivity index (χ0) is 22.2. The average Bonchev–Trinajstić information content (AvgIpc) is 2.76. The van der Waals surface area contributed by atoms with Crippen LogP contribution in [0.5, 0.6) is 5.75 Å². The minimum absolute atomic E-state index is 0.120. The number of thiocarbonyl (C=S) groups is 1. The van der Waals surface area contributed by atoms with Crippen molar-refractivity contribution in [3.63, 3.8) is 0 Å². The molecule has 0 radical (unpaired) electrons. The molecular formula is C23H20FN3O3S. The minimum atomic E-state index is -0.383. The Labute approximate surface area is 184 Å². The summed E-state index contributed by atoms with van der Waals surface area (Å²) < 4.78 is 18.1. The van der Waals surface area contributed by atoms with Crippen LogP contribution in [0.3, 0.4) is 0 Å². The molecule has 3 aromatic carbocycles. The standard InChI is InChI=1S/C23H20FN3O3S/c1-30-20-11-5-15(6-12-20)13-21(28)27-23(31)26-19-4-2-3-16(14-19)22(29)25-18-9-7-17(24)8-10-18/h2-12,14H,13H2,1H3,(H,25,29)(H2,26,27,28,31). The van der Waals surface area contributed by atoms with E-state index in [-0.39, 0.29) is 29.2 Å². The molecule has 0 heterocycles. The second-order valence-electron chi connectivity index (χ2n) is 6.57. The average molecular weight is 437 g/mol. The lowest BCUT2D eigenvalue weighted by Gasteiger charge is -2.11.